The van der Waals surface area contributed by atoms with Crippen molar-refractivity contribution in [2.24, 2.45) is 0 Å². The minimum absolute atomic E-state index is 0.0931. The van der Waals surface area contributed by atoms with Gasteiger partial charge in [0.15, 0.2) is 15.0 Å². The largest absolute Gasteiger partial charge is 0.416 e. The van der Waals surface area contributed by atoms with Crippen molar-refractivity contribution in [3.05, 3.63) is 36.0 Å². The Labute approximate surface area is 129 Å². The van der Waals surface area contributed by atoms with Gasteiger partial charge in [0, 0.05) is 11.8 Å². The molecule has 0 bridgehead atoms. The third-order valence-corrected chi connectivity index (χ3v) is 4.46. The fraction of sp³-hybridized carbons (Fsp3) is 0.231. The van der Waals surface area contributed by atoms with Crippen LogP contribution in [0, 0.1) is 0 Å². The van der Waals surface area contributed by atoms with Gasteiger partial charge in [0.25, 0.3) is 0 Å². The number of benzene rings is 1. The summed E-state index contributed by atoms with van der Waals surface area (Å²) < 4.78 is 61.3. The van der Waals surface area contributed by atoms with Gasteiger partial charge in [-0.05, 0) is 18.4 Å². The van der Waals surface area contributed by atoms with E-state index < -0.39 is 21.6 Å². The molecule has 0 radical (unpaired) electrons. The lowest BCUT2D eigenvalue weighted by molar-refractivity contribution is -0.137. The lowest BCUT2D eigenvalue weighted by Crippen LogP contribution is -2.06. The normalized spacial score (nSPS) is 12.4. The summed E-state index contributed by atoms with van der Waals surface area (Å²) in [5.41, 5.74) is -0.432. The quantitative estimate of drug-likeness (QED) is 0.629. The fourth-order valence-corrected chi connectivity index (χ4v) is 2.85. The zero-order valence-electron chi connectivity index (χ0n) is 11.5. The van der Waals surface area contributed by atoms with Crippen molar-refractivity contribution in [2.75, 3.05) is 12.5 Å². The molecule has 0 saturated carbocycles. The van der Waals surface area contributed by atoms with Crippen LogP contribution in [0.1, 0.15) is 5.56 Å². The van der Waals surface area contributed by atoms with Crippen LogP contribution in [-0.4, -0.2) is 30.9 Å². The first-order valence-corrected chi connectivity index (χ1v) is 9.03. The monoisotopic (exact) mass is 348 g/mol. The second-order valence-electron chi connectivity index (χ2n) is 4.42. The SMILES string of the molecule is CSc1ncc(S(C)(=O)=O)c(-c2ccc(C(F)(F)F)cc2)n1. The van der Waals surface area contributed by atoms with Crippen LogP contribution < -0.4 is 0 Å². The minimum Gasteiger partial charge on any atom is -0.230 e. The molecule has 1 aromatic heterocycles. The minimum atomic E-state index is -4.45. The van der Waals surface area contributed by atoms with E-state index in [9.17, 15) is 21.6 Å². The number of sulfone groups is 1. The second kappa shape index (κ2) is 5.88. The third kappa shape index (κ3) is 3.58. The van der Waals surface area contributed by atoms with Gasteiger partial charge in [-0.15, -0.1) is 0 Å². The molecule has 0 unspecified atom stereocenters. The Balaban J connectivity index is 2.60. The molecule has 9 heteroatoms. The summed E-state index contributed by atoms with van der Waals surface area (Å²) in [6.45, 7) is 0. The van der Waals surface area contributed by atoms with Crippen molar-refractivity contribution >= 4 is 21.6 Å². The van der Waals surface area contributed by atoms with E-state index in [2.05, 4.69) is 9.97 Å². The molecule has 0 spiro atoms. The average Bonchev–Trinajstić information content (AvgIpc) is 2.45. The molecule has 0 fully saturated rings. The van der Waals surface area contributed by atoms with Crippen LogP contribution in [0.2, 0.25) is 0 Å². The summed E-state index contributed by atoms with van der Waals surface area (Å²) >= 11 is 1.21. The van der Waals surface area contributed by atoms with Crippen LogP contribution in [-0.2, 0) is 16.0 Å². The van der Waals surface area contributed by atoms with E-state index in [-0.39, 0.29) is 16.2 Å². The molecule has 4 nitrogen and oxygen atoms in total. The number of rotatable bonds is 3. The van der Waals surface area contributed by atoms with E-state index in [0.29, 0.717) is 5.16 Å². The molecule has 0 aliphatic heterocycles. The Morgan fingerprint density at radius 3 is 2.18 bits per heavy atom. The molecule has 0 amide bonds. The first-order valence-electron chi connectivity index (χ1n) is 5.91. The summed E-state index contributed by atoms with van der Waals surface area (Å²) in [6, 6.07) is 4.18. The van der Waals surface area contributed by atoms with E-state index in [1.807, 2.05) is 0 Å². The summed E-state index contributed by atoms with van der Waals surface area (Å²) in [4.78, 5) is 7.89. The van der Waals surface area contributed by atoms with E-state index >= 15 is 0 Å². The van der Waals surface area contributed by atoms with Crippen LogP contribution in [0.5, 0.6) is 0 Å². The first kappa shape index (κ1) is 16.8. The molecule has 0 aliphatic carbocycles. The van der Waals surface area contributed by atoms with Gasteiger partial charge in [-0.1, -0.05) is 23.9 Å². The zero-order chi connectivity index (χ0) is 16.5. The standard InChI is InChI=1S/C13H11F3N2O2S2/c1-21-12-17-7-10(22(2,19)20)11(18-12)8-3-5-9(6-4-8)13(14,15)16/h3-7H,1-2H3. The van der Waals surface area contributed by atoms with Crippen LogP contribution >= 0.6 is 11.8 Å². The molecule has 0 saturated heterocycles. The fourth-order valence-electron chi connectivity index (χ4n) is 1.75. The topological polar surface area (TPSA) is 59.9 Å². The highest BCUT2D eigenvalue weighted by Gasteiger charge is 2.30. The van der Waals surface area contributed by atoms with Crippen molar-refractivity contribution in [1.29, 1.82) is 0 Å². The van der Waals surface area contributed by atoms with Crippen molar-refractivity contribution in [1.82, 2.24) is 9.97 Å². The van der Waals surface area contributed by atoms with Crippen LogP contribution in [0.4, 0.5) is 13.2 Å². The van der Waals surface area contributed by atoms with Crippen molar-refractivity contribution in [2.45, 2.75) is 16.2 Å². The van der Waals surface area contributed by atoms with E-state index in [1.54, 1.807) is 6.26 Å². The van der Waals surface area contributed by atoms with Gasteiger partial charge in [-0.3, -0.25) is 0 Å². The zero-order valence-corrected chi connectivity index (χ0v) is 13.2. The van der Waals surface area contributed by atoms with Crippen molar-refractivity contribution in [3.63, 3.8) is 0 Å². The predicted octanol–water partition coefficient (Wildman–Crippen LogP) is 3.29. The Bertz CT molecular complexity index is 788. The van der Waals surface area contributed by atoms with Gasteiger partial charge < -0.3 is 0 Å². The number of halogens is 3. The third-order valence-electron chi connectivity index (χ3n) is 2.80. The summed E-state index contributed by atoms with van der Waals surface area (Å²) in [5.74, 6) is 0. The van der Waals surface area contributed by atoms with Crippen LogP contribution in [0.15, 0.2) is 40.5 Å². The van der Waals surface area contributed by atoms with E-state index in [1.165, 1.54) is 30.1 Å². The molecule has 0 atom stereocenters. The lowest BCUT2D eigenvalue weighted by Gasteiger charge is -2.10. The lowest BCUT2D eigenvalue weighted by atomic mass is 10.1. The number of thioether (sulfide) groups is 1. The molecule has 1 heterocycles. The van der Waals surface area contributed by atoms with Crippen molar-refractivity contribution < 1.29 is 21.6 Å². The second-order valence-corrected chi connectivity index (χ2v) is 7.17. The molecular formula is C13H11F3N2O2S2. The van der Waals surface area contributed by atoms with Gasteiger partial charge in [0.2, 0.25) is 0 Å². The van der Waals surface area contributed by atoms with E-state index in [0.717, 1.165) is 18.4 Å². The summed E-state index contributed by atoms with van der Waals surface area (Å²) in [6.07, 6.45) is -0.570. The molecule has 22 heavy (non-hydrogen) atoms. The van der Waals surface area contributed by atoms with Gasteiger partial charge >= 0.3 is 6.18 Å². The average molecular weight is 348 g/mol. The number of hydrogen-bond donors (Lipinski definition) is 0. The molecule has 0 aliphatic rings. The van der Waals surface area contributed by atoms with Crippen LogP contribution in [0.25, 0.3) is 11.3 Å². The van der Waals surface area contributed by atoms with Gasteiger partial charge in [-0.2, -0.15) is 13.2 Å². The number of hydrogen-bond acceptors (Lipinski definition) is 5. The maximum atomic E-state index is 12.6. The predicted molar refractivity (Wildman–Crippen MR) is 77.4 cm³/mol. The number of alkyl halides is 3. The molecule has 1 aromatic carbocycles. The molecular weight excluding hydrogens is 337 g/mol. The Morgan fingerprint density at radius 2 is 1.73 bits per heavy atom. The first-order chi connectivity index (χ1) is 10.1. The summed E-state index contributed by atoms with van der Waals surface area (Å²) in [5, 5.41) is 0.335. The Morgan fingerprint density at radius 1 is 1.14 bits per heavy atom. The molecule has 0 N–H and O–H groups in total. The summed E-state index contributed by atoms with van der Waals surface area (Å²) in [7, 11) is -3.60. The highest BCUT2D eigenvalue weighted by Crippen LogP contribution is 2.32. The van der Waals surface area contributed by atoms with Gasteiger partial charge in [-0.25, -0.2) is 18.4 Å². The van der Waals surface area contributed by atoms with E-state index in [4.69, 9.17) is 0 Å². The highest BCUT2D eigenvalue weighted by molar-refractivity contribution is 7.98. The van der Waals surface area contributed by atoms with Crippen LogP contribution in [0.3, 0.4) is 0 Å². The molecule has 2 aromatic rings. The van der Waals surface area contributed by atoms with Gasteiger partial charge in [0.05, 0.1) is 17.5 Å². The van der Waals surface area contributed by atoms with Crippen molar-refractivity contribution in [3.8, 4) is 11.3 Å². The number of aromatic nitrogens is 2. The maximum Gasteiger partial charge on any atom is 0.416 e. The Kier molecular flexibility index (Phi) is 4.48. The molecule has 2 rings (SSSR count). The maximum absolute atomic E-state index is 12.6. The Hall–Kier alpha value is -1.61. The smallest absolute Gasteiger partial charge is 0.230 e. The highest BCUT2D eigenvalue weighted by atomic mass is 32.2. The number of nitrogens with zero attached hydrogens (tertiary/aromatic N) is 2. The molecule has 118 valence electrons. The van der Waals surface area contributed by atoms with Gasteiger partial charge in [0.1, 0.15) is 4.90 Å².